The van der Waals surface area contributed by atoms with E-state index >= 15 is 0 Å². The van der Waals surface area contributed by atoms with Crippen molar-refractivity contribution in [2.45, 2.75) is 155 Å². The van der Waals surface area contributed by atoms with Crippen LogP contribution >= 0.6 is 0 Å². The summed E-state index contributed by atoms with van der Waals surface area (Å²) in [6, 6.07) is 0. The summed E-state index contributed by atoms with van der Waals surface area (Å²) in [5.41, 5.74) is 0. The molecule has 0 bridgehead atoms. The van der Waals surface area contributed by atoms with E-state index in [1.54, 1.807) is 0 Å². The van der Waals surface area contributed by atoms with Gasteiger partial charge >= 0.3 is 0 Å². The van der Waals surface area contributed by atoms with Crippen molar-refractivity contribution >= 4 is 5.97 Å². The van der Waals surface area contributed by atoms with Crippen LogP contribution in [-0.4, -0.2) is 22.8 Å². The SMILES string of the molecule is CC(=O)O.CCCCCCCCCCCCCCCCCCCCCCCCO. The van der Waals surface area contributed by atoms with Crippen LogP contribution in [-0.2, 0) is 4.79 Å². The fourth-order valence-electron chi connectivity index (χ4n) is 3.72. The second kappa shape index (κ2) is 29.6. The molecule has 0 aliphatic rings. The molecule has 0 rings (SSSR count). The molecule has 0 aromatic heterocycles. The molecule has 0 aliphatic heterocycles. The van der Waals surface area contributed by atoms with Gasteiger partial charge in [-0.1, -0.05) is 142 Å². The van der Waals surface area contributed by atoms with Crippen LogP contribution in [0.2, 0.25) is 0 Å². The van der Waals surface area contributed by atoms with Gasteiger partial charge in [-0.3, -0.25) is 4.79 Å². The fourth-order valence-corrected chi connectivity index (χ4v) is 3.72. The highest BCUT2D eigenvalue weighted by atomic mass is 16.4. The van der Waals surface area contributed by atoms with Gasteiger partial charge in [0.05, 0.1) is 0 Å². The highest BCUT2D eigenvalue weighted by molar-refractivity contribution is 5.62. The molecule has 0 atom stereocenters. The Morgan fingerprint density at radius 3 is 0.828 bits per heavy atom. The summed E-state index contributed by atoms with van der Waals surface area (Å²) in [5, 5.41) is 16.1. The van der Waals surface area contributed by atoms with Gasteiger partial charge in [-0.05, 0) is 6.42 Å². The van der Waals surface area contributed by atoms with Crippen LogP contribution in [0.1, 0.15) is 155 Å². The average Bonchev–Trinajstić information content (AvgIpc) is 2.69. The van der Waals surface area contributed by atoms with Crippen molar-refractivity contribution in [1.82, 2.24) is 0 Å². The molecular formula is C26H54O3. The third-order valence-electron chi connectivity index (χ3n) is 5.51. The Morgan fingerprint density at radius 1 is 0.483 bits per heavy atom. The van der Waals surface area contributed by atoms with E-state index in [9.17, 15) is 0 Å². The molecule has 176 valence electrons. The van der Waals surface area contributed by atoms with E-state index in [2.05, 4.69) is 6.92 Å². The molecule has 0 heterocycles. The number of aliphatic carboxylic acids is 1. The fraction of sp³-hybridized carbons (Fsp3) is 0.962. The van der Waals surface area contributed by atoms with Crippen LogP contribution in [0.25, 0.3) is 0 Å². The quantitative estimate of drug-likeness (QED) is 0.174. The van der Waals surface area contributed by atoms with Gasteiger partial charge in [-0.2, -0.15) is 0 Å². The van der Waals surface area contributed by atoms with Gasteiger partial charge in [0, 0.05) is 13.5 Å². The summed E-state index contributed by atoms with van der Waals surface area (Å²) in [4.78, 5) is 9.00. The molecule has 29 heavy (non-hydrogen) atoms. The first kappa shape index (κ1) is 30.6. The molecule has 0 radical (unpaired) electrons. The van der Waals surface area contributed by atoms with Crippen LogP contribution < -0.4 is 0 Å². The number of aliphatic hydroxyl groups is 1. The van der Waals surface area contributed by atoms with Crippen molar-refractivity contribution in [2.24, 2.45) is 0 Å². The lowest BCUT2D eigenvalue weighted by molar-refractivity contribution is -0.134. The van der Waals surface area contributed by atoms with E-state index in [1.807, 2.05) is 0 Å². The van der Waals surface area contributed by atoms with Crippen molar-refractivity contribution in [3.05, 3.63) is 0 Å². The second-order valence-corrected chi connectivity index (χ2v) is 8.67. The first-order chi connectivity index (χ1) is 14.1. The zero-order valence-corrected chi connectivity index (χ0v) is 20.1. The van der Waals surface area contributed by atoms with E-state index in [0.29, 0.717) is 6.61 Å². The summed E-state index contributed by atoms with van der Waals surface area (Å²) in [7, 11) is 0. The molecule has 0 aromatic carbocycles. The number of hydrogen-bond acceptors (Lipinski definition) is 2. The van der Waals surface area contributed by atoms with E-state index in [0.717, 1.165) is 13.3 Å². The molecule has 3 heteroatoms. The largest absolute Gasteiger partial charge is 0.481 e. The van der Waals surface area contributed by atoms with Crippen LogP contribution in [0, 0.1) is 0 Å². The van der Waals surface area contributed by atoms with Gasteiger partial charge in [0.2, 0.25) is 0 Å². The lowest BCUT2D eigenvalue weighted by Gasteiger charge is -2.04. The average molecular weight is 415 g/mol. The number of unbranched alkanes of at least 4 members (excludes halogenated alkanes) is 21. The number of carbonyl (C=O) groups is 1. The lowest BCUT2D eigenvalue weighted by atomic mass is 10.0. The third kappa shape index (κ3) is 38.6. The van der Waals surface area contributed by atoms with Crippen LogP contribution in [0.4, 0.5) is 0 Å². The normalized spacial score (nSPS) is 10.6. The van der Waals surface area contributed by atoms with Gasteiger partial charge in [-0.25, -0.2) is 0 Å². The van der Waals surface area contributed by atoms with Crippen molar-refractivity contribution < 1.29 is 15.0 Å². The van der Waals surface area contributed by atoms with E-state index in [-0.39, 0.29) is 0 Å². The minimum Gasteiger partial charge on any atom is -0.481 e. The predicted molar refractivity (Wildman–Crippen MR) is 128 cm³/mol. The maximum atomic E-state index is 9.00. The molecule has 2 N–H and O–H groups in total. The monoisotopic (exact) mass is 414 g/mol. The number of aliphatic hydroxyl groups excluding tert-OH is 1. The number of hydrogen-bond donors (Lipinski definition) is 2. The Morgan fingerprint density at radius 2 is 0.655 bits per heavy atom. The summed E-state index contributed by atoms with van der Waals surface area (Å²) in [6.07, 6.45) is 31.1. The number of rotatable bonds is 22. The van der Waals surface area contributed by atoms with E-state index in [1.165, 1.54) is 135 Å². The molecule has 0 saturated heterocycles. The standard InChI is InChI=1S/C24H50O.C2H4O2/c1-2-3-4-5-6-7-8-9-10-11-12-13-14-15-16-17-18-19-20-21-22-23-24-25;1-2(3)4/h25H,2-24H2,1H3;1H3,(H,3,4). The van der Waals surface area contributed by atoms with E-state index in [4.69, 9.17) is 15.0 Å². The zero-order valence-electron chi connectivity index (χ0n) is 20.1. The van der Waals surface area contributed by atoms with Crippen LogP contribution in [0.15, 0.2) is 0 Å². The van der Waals surface area contributed by atoms with Gasteiger partial charge in [-0.15, -0.1) is 0 Å². The molecule has 0 unspecified atom stereocenters. The topological polar surface area (TPSA) is 57.5 Å². The minimum atomic E-state index is -0.833. The maximum Gasteiger partial charge on any atom is 0.300 e. The summed E-state index contributed by atoms with van der Waals surface area (Å²) >= 11 is 0. The van der Waals surface area contributed by atoms with Gasteiger partial charge in [0.1, 0.15) is 0 Å². The number of carboxylic acid groups (broad SMARTS) is 1. The van der Waals surface area contributed by atoms with Crippen molar-refractivity contribution in [2.75, 3.05) is 6.61 Å². The molecule has 3 nitrogen and oxygen atoms in total. The van der Waals surface area contributed by atoms with Crippen molar-refractivity contribution in [1.29, 1.82) is 0 Å². The Labute approximate surface area is 183 Å². The Balaban J connectivity index is 0. The first-order valence-electron chi connectivity index (χ1n) is 13.0. The zero-order chi connectivity index (χ0) is 21.8. The third-order valence-corrected chi connectivity index (χ3v) is 5.51. The lowest BCUT2D eigenvalue weighted by Crippen LogP contribution is -1.85. The Hall–Kier alpha value is -0.570. The minimum absolute atomic E-state index is 0.374. The van der Waals surface area contributed by atoms with Gasteiger partial charge in [0.25, 0.3) is 5.97 Å². The predicted octanol–water partition coefficient (Wildman–Crippen LogP) is 8.67. The van der Waals surface area contributed by atoms with Crippen molar-refractivity contribution in [3.63, 3.8) is 0 Å². The highest BCUT2D eigenvalue weighted by Crippen LogP contribution is 2.15. The van der Waals surface area contributed by atoms with Gasteiger partial charge in [0.15, 0.2) is 0 Å². The molecule has 0 aliphatic carbocycles. The Bertz CT molecular complexity index is 266. The molecule has 0 saturated carbocycles. The Kier molecular flexibility index (Phi) is 31.3. The van der Waals surface area contributed by atoms with E-state index < -0.39 is 5.97 Å². The van der Waals surface area contributed by atoms with Gasteiger partial charge < -0.3 is 10.2 Å². The van der Waals surface area contributed by atoms with Crippen LogP contribution in [0.5, 0.6) is 0 Å². The molecule has 0 fully saturated rings. The van der Waals surface area contributed by atoms with Crippen molar-refractivity contribution in [3.8, 4) is 0 Å². The summed E-state index contributed by atoms with van der Waals surface area (Å²) < 4.78 is 0. The molecule has 0 aromatic rings. The number of carboxylic acids is 1. The molecular weight excluding hydrogens is 360 g/mol. The molecule has 0 amide bonds. The molecule has 0 spiro atoms. The summed E-state index contributed by atoms with van der Waals surface area (Å²) in [6.45, 7) is 3.75. The smallest absolute Gasteiger partial charge is 0.300 e. The van der Waals surface area contributed by atoms with Crippen LogP contribution in [0.3, 0.4) is 0 Å². The second-order valence-electron chi connectivity index (χ2n) is 8.67. The maximum absolute atomic E-state index is 9.00. The first-order valence-corrected chi connectivity index (χ1v) is 13.0. The summed E-state index contributed by atoms with van der Waals surface area (Å²) in [5.74, 6) is -0.833. The highest BCUT2D eigenvalue weighted by Gasteiger charge is 1.95.